The van der Waals surface area contributed by atoms with Crippen LogP contribution in [0.5, 0.6) is 0 Å². The highest BCUT2D eigenvalue weighted by Gasteiger charge is 2.24. The molecule has 226 valence electrons. The van der Waals surface area contributed by atoms with Crippen LogP contribution in [0.3, 0.4) is 0 Å². The van der Waals surface area contributed by atoms with Gasteiger partial charge < -0.3 is 9.73 Å². The third kappa shape index (κ3) is 4.27. The fourth-order valence-corrected chi connectivity index (χ4v) is 8.23. The number of hydrogen-bond donors (Lipinski definition) is 1. The summed E-state index contributed by atoms with van der Waals surface area (Å²) < 4.78 is 9.10. The molecule has 1 atom stereocenters. The van der Waals surface area contributed by atoms with E-state index in [4.69, 9.17) is 14.4 Å². The summed E-state index contributed by atoms with van der Waals surface area (Å²) >= 11 is 1.85. The fraction of sp³-hybridized carbons (Fsp3) is 0.0238. The second-order valence-corrected chi connectivity index (χ2v) is 13.1. The summed E-state index contributed by atoms with van der Waals surface area (Å²) in [6.07, 6.45) is 3.36. The number of pyridine rings is 1. The molecule has 1 unspecified atom stereocenters. The quantitative estimate of drug-likeness (QED) is 0.210. The first-order chi connectivity index (χ1) is 23.8. The lowest BCUT2D eigenvalue weighted by atomic mass is 9.99. The molecule has 0 saturated heterocycles. The highest BCUT2D eigenvalue weighted by Crippen LogP contribution is 2.44. The summed E-state index contributed by atoms with van der Waals surface area (Å²) in [6.45, 7) is 0. The zero-order valence-corrected chi connectivity index (χ0v) is 26.4. The van der Waals surface area contributed by atoms with Crippen molar-refractivity contribution in [3.8, 4) is 11.1 Å². The average Bonchev–Trinajstić information content (AvgIpc) is 3.74. The molecule has 0 saturated carbocycles. The van der Waals surface area contributed by atoms with E-state index < -0.39 is 0 Å². The highest BCUT2D eigenvalue weighted by atomic mass is 32.1. The highest BCUT2D eigenvalue weighted by molar-refractivity contribution is 7.26. The van der Waals surface area contributed by atoms with E-state index >= 15 is 0 Å². The molecule has 6 heteroatoms. The molecule has 0 spiro atoms. The topological polar surface area (TPSA) is 62.8 Å². The van der Waals surface area contributed by atoms with E-state index in [1.54, 1.807) is 6.20 Å². The zero-order valence-electron chi connectivity index (χ0n) is 25.6. The fourth-order valence-electron chi connectivity index (χ4n) is 6.98. The standard InChI is InChI=1S/C42H26N4OS/c1-3-11-26(12-4-1)40-44-41(27-13-5-2-6-14-27)46-42(45-40)33-23-43-24-35-37(33)31-20-18-28(22-34(31)47-35)30-16-9-17-32-38-29-15-8-7-10-25(29)19-21-36(38)48-39(30)32/h1-24,40H,(H,44,45,46). The number of fused-ring (bicyclic) bond motifs is 8. The van der Waals surface area contributed by atoms with Crippen molar-refractivity contribution in [2.24, 2.45) is 9.98 Å². The van der Waals surface area contributed by atoms with Gasteiger partial charge in [-0.2, -0.15) is 0 Å². The minimum absolute atomic E-state index is 0.298. The maximum Gasteiger partial charge on any atom is 0.159 e. The number of amidine groups is 2. The number of thiophene rings is 1. The summed E-state index contributed by atoms with van der Waals surface area (Å²) in [6, 6.07) is 46.6. The molecule has 48 heavy (non-hydrogen) atoms. The van der Waals surface area contributed by atoms with Crippen molar-refractivity contribution in [3.63, 3.8) is 0 Å². The summed E-state index contributed by atoms with van der Waals surface area (Å²) in [7, 11) is 0. The van der Waals surface area contributed by atoms with Crippen LogP contribution in [0.1, 0.15) is 22.9 Å². The van der Waals surface area contributed by atoms with Crippen LogP contribution in [0.25, 0.3) is 64.0 Å². The molecule has 3 aromatic heterocycles. The minimum atomic E-state index is -0.298. The maximum absolute atomic E-state index is 6.53. The number of nitrogens with one attached hydrogen (secondary N) is 1. The van der Waals surface area contributed by atoms with E-state index in [1.807, 2.05) is 66.1 Å². The number of benzene rings is 6. The molecule has 0 aliphatic carbocycles. The molecule has 9 aromatic rings. The van der Waals surface area contributed by atoms with E-state index in [1.165, 1.54) is 36.5 Å². The average molecular weight is 635 g/mol. The third-order valence-electron chi connectivity index (χ3n) is 9.23. The van der Waals surface area contributed by atoms with Gasteiger partial charge in [0.2, 0.25) is 0 Å². The molecule has 1 aliphatic rings. The van der Waals surface area contributed by atoms with Gasteiger partial charge in [-0.3, -0.25) is 4.98 Å². The molecular weight excluding hydrogens is 609 g/mol. The second kappa shape index (κ2) is 10.7. The molecule has 0 fully saturated rings. The Morgan fingerprint density at radius 1 is 0.604 bits per heavy atom. The van der Waals surface area contributed by atoms with Gasteiger partial charge in [-0.15, -0.1) is 11.3 Å². The van der Waals surface area contributed by atoms with Crippen LogP contribution in [-0.4, -0.2) is 16.7 Å². The van der Waals surface area contributed by atoms with Crippen molar-refractivity contribution < 1.29 is 4.42 Å². The molecule has 0 amide bonds. The van der Waals surface area contributed by atoms with Gasteiger partial charge in [-0.25, -0.2) is 9.98 Å². The van der Waals surface area contributed by atoms with Gasteiger partial charge in [0.05, 0.1) is 6.20 Å². The Morgan fingerprint density at radius 2 is 1.42 bits per heavy atom. The van der Waals surface area contributed by atoms with Crippen molar-refractivity contribution in [2.75, 3.05) is 0 Å². The molecule has 10 rings (SSSR count). The van der Waals surface area contributed by atoms with Gasteiger partial charge in [0.15, 0.2) is 11.4 Å². The number of hydrogen-bond acceptors (Lipinski definition) is 6. The van der Waals surface area contributed by atoms with Crippen molar-refractivity contribution in [1.29, 1.82) is 0 Å². The predicted octanol–water partition coefficient (Wildman–Crippen LogP) is 10.7. The van der Waals surface area contributed by atoms with Gasteiger partial charge in [0.1, 0.15) is 17.6 Å². The first-order valence-corrected chi connectivity index (χ1v) is 16.8. The number of aromatic nitrogens is 1. The largest absolute Gasteiger partial charge is 0.454 e. The lowest BCUT2D eigenvalue weighted by Crippen LogP contribution is -2.33. The Kier molecular flexibility index (Phi) is 6.04. The Morgan fingerprint density at radius 3 is 2.31 bits per heavy atom. The number of furan rings is 1. The number of rotatable bonds is 4. The van der Waals surface area contributed by atoms with Gasteiger partial charge in [-0.05, 0) is 45.7 Å². The normalized spacial score (nSPS) is 14.9. The van der Waals surface area contributed by atoms with E-state index in [9.17, 15) is 0 Å². The molecule has 0 bridgehead atoms. The van der Waals surface area contributed by atoms with Crippen molar-refractivity contribution in [3.05, 3.63) is 163 Å². The van der Waals surface area contributed by atoms with Crippen LogP contribution in [0, 0.1) is 0 Å². The van der Waals surface area contributed by atoms with Crippen molar-refractivity contribution in [1.82, 2.24) is 10.3 Å². The third-order valence-corrected chi connectivity index (χ3v) is 10.4. The Hall–Kier alpha value is -6.11. The molecule has 6 aromatic carbocycles. The van der Waals surface area contributed by atoms with E-state index in [0.717, 1.165) is 44.2 Å². The van der Waals surface area contributed by atoms with Gasteiger partial charge >= 0.3 is 0 Å². The van der Waals surface area contributed by atoms with Crippen LogP contribution in [-0.2, 0) is 0 Å². The van der Waals surface area contributed by atoms with Gasteiger partial charge in [0, 0.05) is 48.3 Å². The SMILES string of the molecule is c1ccc(C2=NC(c3ccccc3)NC(c3cncc4oc5cc(-c6cccc7c6sc6ccc8ccccc8c67)ccc5c34)=N2)cc1. The van der Waals surface area contributed by atoms with Crippen LogP contribution in [0.2, 0.25) is 0 Å². The van der Waals surface area contributed by atoms with Gasteiger partial charge in [0.25, 0.3) is 0 Å². The first-order valence-electron chi connectivity index (χ1n) is 16.0. The van der Waals surface area contributed by atoms with Crippen LogP contribution in [0.4, 0.5) is 0 Å². The first kappa shape index (κ1) is 27.0. The van der Waals surface area contributed by atoms with Crippen LogP contribution >= 0.6 is 11.3 Å². The Labute approximate surface area is 279 Å². The van der Waals surface area contributed by atoms with Crippen molar-refractivity contribution in [2.45, 2.75) is 6.17 Å². The molecular formula is C42H26N4OS. The van der Waals surface area contributed by atoms with Crippen LogP contribution < -0.4 is 5.32 Å². The summed E-state index contributed by atoms with van der Waals surface area (Å²) in [5.74, 6) is 1.39. The lowest BCUT2D eigenvalue weighted by Gasteiger charge is -2.23. The molecule has 4 heterocycles. The van der Waals surface area contributed by atoms with E-state index in [2.05, 4.69) is 95.2 Å². The number of nitrogens with zero attached hydrogens (tertiary/aromatic N) is 3. The van der Waals surface area contributed by atoms with E-state index in [0.29, 0.717) is 11.7 Å². The minimum Gasteiger partial charge on any atom is -0.454 e. The van der Waals surface area contributed by atoms with E-state index in [-0.39, 0.29) is 6.17 Å². The Balaban J connectivity index is 1.12. The molecule has 5 nitrogen and oxygen atoms in total. The Bertz CT molecular complexity index is 2760. The van der Waals surface area contributed by atoms with Crippen molar-refractivity contribution >= 4 is 75.9 Å². The summed E-state index contributed by atoms with van der Waals surface area (Å²) in [5, 5.41) is 10.8. The predicted molar refractivity (Wildman–Crippen MR) is 199 cm³/mol. The number of aliphatic imine (C=N–C) groups is 2. The summed E-state index contributed by atoms with van der Waals surface area (Å²) in [5.41, 5.74) is 6.75. The molecule has 1 N–H and O–H groups in total. The second-order valence-electron chi connectivity index (χ2n) is 12.1. The summed E-state index contributed by atoms with van der Waals surface area (Å²) in [4.78, 5) is 14.7. The maximum atomic E-state index is 6.53. The monoisotopic (exact) mass is 634 g/mol. The van der Waals surface area contributed by atoms with Gasteiger partial charge in [-0.1, -0.05) is 115 Å². The molecule has 1 aliphatic heterocycles. The molecule has 0 radical (unpaired) electrons. The van der Waals surface area contributed by atoms with Crippen LogP contribution in [0.15, 0.2) is 160 Å². The smallest absolute Gasteiger partial charge is 0.159 e. The lowest BCUT2D eigenvalue weighted by molar-refractivity contribution is 0.665. The zero-order chi connectivity index (χ0) is 31.6.